The van der Waals surface area contributed by atoms with E-state index >= 15 is 0 Å². The van der Waals surface area contributed by atoms with E-state index in [0.717, 1.165) is 30.4 Å². The molecule has 1 saturated carbocycles. The van der Waals surface area contributed by atoms with E-state index in [4.69, 9.17) is 4.99 Å². The molecule has 5 heteroatoms. The van der Waals surface area contributed by atoms with Crippen LogP contribution < -0.4 is 5.32 Å². The van der Waals surface area contributed by atoms with Gasteiger partial charge in [-0.3, -0.25) is 4.98 Å². The molecule has 0 unspecified atom stereocenters. The van der Waals surface area contributed by atoms with E-state index in [9.17, 15) is 0 Å². The maximum Gasteiger partial charge on any atom is 0.194 e. The SMILES string of the molecule is CCNC(=NCc1cccc(C)n1)N1CCC2(CCC2)C1.I. The molecule has 1 spiro atoms. The van der Waals surface area contributed by atoms with E-state index in [1.165, 1.54) is 32.2 Å². The molecule has 1 saturated heterocycles. The molecule has 2 aliphatic rings. The van der Waals surface area contributed by atoms with Crippen LogP contribution in [0, 0.1) is 12.3 Å². The number of hydrogen-bond donors (Lipinski definition) is 1. The summed E-state index contributed by atoms with van der Waals surface area (Å²) in [6, 6.07) is 6.13. The van der Waals surface area contributed by atoms with Crippen LogP contribution in [-0.4, -0.2) is 35.5 Å². The molecule has 22 heavy (non-hydrogen) atoms. The number of rotatable bonds is 3. The molecule has 1 aliphatic carbocycles. The molecular formula is C17H27IN4. The van der Waals surface area contributed by atoms with Crippen LogP contribution in [0.2, 0.25) is 0 Å². The topological polar surface area (TPSA) is 40.5 Å². The Kier molecular flexibility index (Phi) is 6.06. The lowest BCUT2D eigenvalue weighted by molar-refractivity contribution is 0.151. The standard InChI is InChI=1S/C17H26N4.HI/c1-3-18-16(19-12-15-7-4-6-14(2)20-15)21-11-10-17(13-21)8-5-9-17;/h4,6-7H,3,5,8-13H2,1-2H3,(H,18,19);1H. The van der Waals surface area contributed by atoms with Crippen LogP contribution in [-0.2, 0) is 6.54 Å². The summed E-state index contributed by atoms with van der Waals surface area (Å²) in [6.45, 7) is 8.07. The van der Waals surface area contributed by atoms with Crippen molar-refractivity contribution < 1.29 is 0 Å². The number of aromatic nitrogens is 1. The zero-order valence-electron chi connectivity index (χ0n) is 13.6. The monoisotopic (exact) mass is 414 g/mol. The average molecular weight is 414 g/mol. The van der Waals surface area contributed by atoms with Crippen LogP contribution in [0.3, 0.4) is 0 Å². The molecule has 0 bridgehead atoms. The van der Waals surface area contributed by atoms with Gasteiger partial charge in [0.25, 0.3) is 0 Å². The van der Waals surface area contributed by atoms with Crippen molar-refractivity contribution >= 4 is 29.9 Å². The lowest BCUT2D eigenvalue weighted by Crippen LogP contribution is -2.42. The molecule has 2 heterocycles. The van der Waals surface area contributed by atoms with Crippen LogP contribution in [0.4, 0.5) is 0 Å². The van der Waals surface area contributed by atoms with Gasteiger partial charge in [0.15, 0.2) is 5.96 Å². The van der Waals surface area contributed by atoms with Crippen molar-refractivity contribution in [1.82, 2.24) is 15.2 Å². The Morgan fingerprint density at radius 3 is 2.77 bits per heavy atom. The Bertz CT molecular complexity index is 525. The van der Waals surface area contributed by atoms with Gasteiger partial charge in [0.2, 0.25) is 0 Å². The molecule has 1 aliphatic heterocycles. The first-order valence-corrected chi connectivity index (χ1v) is 8.17. The summed E-state index contributed by atoms with van der Waals surface area (Å²) < 4.78 is 0. The summed E-state index contributed by atoms with van der Waals surface area (Å²) in [5.74, 6) is 1.06. The minimum atomic E-state index is 0. The van der Waals surface area contributed by atoms with Crippen molar-refractivity contribution in [3.05, 3.63) is 29.6 Å². The number of likely N-dealkylation sites (tertiary alicyclic amines) is 1. The fourth-order valence-electron chi connectivity index (χ4n) is 3.47. The van der Waals surface area contributed by atoms with E-state index in [1.807, 2.05) is 13.0 Å². The first kappa shape index (κ1) is 17.5. The maximum absolute atomic E-state index is 4.80. The summed E-state index contributed by atoms with van der Waals surface area (Å²) in [5, 5.41) is 3.44. The molecule has 0 amide bonds. The molecular weight excluding hydrogens is 387 g/mol. The lowest BCUT2D eigenvalue weighted by atomic mass is 9.68. The van der Waals surface area contributed by atoms with Crippen molar-refractivity contribution in [2.75, 3.05) is 19.6 Å². The highest BCUT2D eigenvalue weighted by atomic mass is 127. The van der Waals surface area contributed by atoms with Crippen molar-refractivity contribution in [3.8, 4) is 0 Å². The summed E-state index contributed by atoms with van der Waals surface area (Å²) in [4.78, 5) is 11.8. The van der Waals surface area contributed by atoms with Crippen LogP contribution in [0.25, 0.3) is 0 Å². The molecule has 1 aromatic heterocycles. The Hall–Kier alpha value is -0.850. The summed E-state index contributed by atoms with van der Waals surface area (Å²) in [7, 11) is 0. The zero-order chi connectivity index (χ0) is 14.7. The van der Waals surface area contributed by atoms with Gasteiger partial charge in [-0.2, -0.15) is 0 Å². The first-order chi connectivity index (χ1) is 10.2. The minimum absolute atomic E-state index is 0. The number of nitrogens with one attached hydrogen (secondary N) is 1. The number of nitrogens with zero attached hydrogens (tertiary/aromatic N) is 3. The Labute approximate surface area is 150 Å². The smallest absolute Gasteiger partial charge is 0.194 e. The molecule has 122 valence electrons. The fraction of sp³-hybridized carbons (Fsp3) is 0.647. The molecule has 1 N–H and O–H groups in total. The van der Waals surface area contributed by atoms with Gasteiger partial charge in [-0.15, -0.1) is 24.0 Å². The Morgan fingerprint density at radius 2 is 2.18 bits per heavy atom. The van der Waals surface area contributed by atoms with Gasteiger partial charge in [0.1, 0.15) is 0 Å². The van der Waals surface area contributed by atoms with Gasteiger partial charge in [-0.1, -0.05) is 12.5 Å². The van der Waals surface area contributed by atoms with Crippen molar-refractivity contribution in [3.63, 3.8) is 0 Å². The summed E-state index contributed by atoms with van der Waals surface area (Å²) in [5.41, 5.74) is 2.71. The van der Waals surface area contributed by atoms with E-state index < -0.39 is 0 Å². The third-order valence-electron chi connectivity index (χ3n) is 4.82. The number of aryl methyl sites for hydroxylation is 1. The molecule has 0 atom stereocenters. The highest BCUT2D eigenvalue weighted by molar-refractivity contribution is 14.0. The van der Waals surface area contributed by atoms with Gasteiger partial charge in [0, 0.05) is 25.3 Å². The first-order valence-electron chi connectivity index (χ1n) is 8.17. The third kappa shape index (κ3) is 3.91. The van der Waals surface area contributed by atoms with Crippen molar-refractivity contribution in [2.45, 2.75) is 46.1 Å². The zero-order valence-corrected chi connectivity index (χ0v) is 16.0. The number of pyridine rings is 1. The van der Waals surface area contributed by atoms with E-state index in [2.05, 4.69) is 34.3 Å². The highest BCUT2D eigenvalue weighted by Crippen LogP contribution is 2.47. The number of aliphatic imine (C=N–C) groups is 1. The molecule has 2 fully saturated rings. The normalized spacial score (nSPS) is 19.7. The molecule has 0 radical (unpaired) electrons. The van der Waals surface area contributed by atoms with E-state index in [-0.39, 0.29) is 24.0 Å². The number of hydrogen-bond acceptors (Lipinski definition) is 2. The van der Waals surface area contributed by atoms with Crippen LogP contribution in [0.5, 0.6) is 0 Å². The summed E-state index contributed by atoms with van der Waals surface area (Å²) in [6.07, 6.45) is 5.56. The molecule has 3 rings (SSSR count). The van der Waals surface area contributed by atoms with Crippen LogP contribution >= 0.6 is 24.0 Å². The second kappa shape index (κ2) is 7.62. The Morgan fingerprint density at radius 1 is 1.36 bits per heavy atom. The van der Waals surface area contributed by atoms with Crippen molar-refractivity contribution in [1.29, 1.82) is 0 Å². The van der Waals surface area contributed by atoms with Crippen molar-refractivity contribution in [2.24, 2.45) is 10.4 Å². The van der Waals surface area contributed by atoms with Gasteiger partial charge < -0.3 is 10.2 Å². The quantitative estimate of drug-likeness (QED) is 0.469. The minimum Gasteiger partial charge on any atom is -0.357 e. The van der Waals surface area contributed by atoms with Gasteiger partial charge >= 0.3 is 0 Å². The number of guanidine groups is 1. The largest absolute Gasteiger partial charge is 0.357 e. The van der Waals surface area contributed by atoms with E-state index in [0.29, 0.717) is 12.0 Å². The fourth-order valence-corrected chi connectivity index (χ4v) is 3.47. The predicted octanol–water partition coefficient (Wildman–Crippen LogP) is 3.35. The second-order valence-corrected chi connectivity index (χ2v) is 6.47. The number of halogens is 1. The predicted molar refractivity (Wildman–Crippen MR) is 102 cm³/mol. The summed E-state index contributed by atoms with van der Waals surface area (Å²) >= 11 is 0. The van der Waals surface area contributed by atoms with E-state index in [1.54, 1.807) is 0 Å². The highest BCUT2D eigenvalue weighted by Gasteiger charge is 2.43. The maximum atomic E-state index is 4.80. The van der Waals surface area contributed by atoms with Crippen LogP contribution in [0.1, 0.15) is 44.0 Å². The molecule has 4 nitrogen and oxygen atoms in total. The Balaban J connectivity index is 0.00000176. The van der Waals surface area contributed by atoms with Gasteiger partial charge in [-0.25, -0.2) is 4.99 Å². The van der Waals surface area contributed by atoms with Crippen LogP contribution in [0.15, 0.2) is 23.2 Å². The molecule has 0 aromatic carbocycles. The lowest BCUT2D eigenvalue weighted by Gasteiger charge is -2.38. The average Bonchev–Trinajstić information content (AvgIpc) is 2.89. The molecule has 1 aromatic rings. The van der Waals surface area contributed by atoms with Gasteiger partial charge in [0.05, 0.1) is 12.2 Å². The second-order valence-electron chi connectivity index (χ2n) is 6.47. The third-order valence-corrected chi connectivity index (χ3v) is 4.82. The van der Waals surface area contributed by atoms with Gasteiger partial charge in [-0.05, 0) is 50.7 Å².